The molecule has 6 heteroatoms. The van der Waals surface area contributed by atoms with E-state index in [4.69, 9.17) is 26.2 Å². The number of rotatable bonds is 7. The molecule has 0 unspecified atom stereocenters. The van der Waals surface area contributed by atoms with Gasteiger partial charge >= 0.3 is 5.97 Å². The molecular weight excluding hydrogens is 270 g/mol. The van der Waals surface area contributed by atoms with Crippen LogP contribution < -0.4 is 14.8 Å². The summed E-state index contributed by atoms with van der Waals surface area (Å²) in [6, 6.07) is 2.88. The first-order valence-electron chi connectivity index (χ1n) is 5.95. The second-order valence-corrected chi connectivity index (χ2v) is 4.39. The van der Waals surface area contributed by atoms with Crippen molar-refractivity contribution in [1.82, 2.24) is 5.32 Å². The van der Waals surface area contributed by atoms with Crippen LogP contribution in [0.15, 0.2) is 12.1 Å². The van der Waals surface area contributed by atoms with Crippen LogP contribution in [0.25, 0.3) is 0 Å². The van der Waals surface area contributed by atoms with Crippen LogP contribution in [-0.2, 0) is 11.3 Å². The fourth-order valence-electron chi connectivity index (χ4n) is 1.52. The van der Waals surface area contributed by atoms with Gasteiger partial charge in [0.25, 0.3) is 0 Å². The molecule has 0 aliphatic carbocycles. The Morgan fingerprint density at radius 1 is 1.53 bits per heavy atom. The second-order valence-electron chi connectivity index (χ2n) is 3.98. The Labute approximate surface area is 117 Å². The summed E-state index contributed by atoms with van der Waals surface area (Å²) in [5.41, 5.74) is 0.832. The van der Waals surface area contributed by atoms with E-state index in [1.807, 2.05) is 6.92 Å². The Hall–Kier alpha value is -1.46. The maximum Gasteiger partial charge on any atom is 0.320 e. The number of hydrogen-bond acceptors (Lipinski definition) is 4. The van der Waals surface area contributed by atoms with E-state index in [0.717, 1.165) is 5.56 Å². The summed E-state index contributed by atoms with van der Waals surface area (Å²) < 4.78 is 10.6. The van der Waals surface area contributed by atoms with Crippen molar-refractivity contribution < 1.29 is 19.4 Å². The summed E-state index contributed by atoms with van der Waals surface area (Å²) in [7, 11) is 1.53. The molecule has 0 aliphatic heterocycles. The van der Waals surface area contributed by atoms with Gasteiger partial charge in [-0.2, -0.15) is 0 Å². The van der Waals surface area contributed by atoms with Gasteiger partial charge in [-0.3, -0.25) is 4.79 Å². The minimum Gasteiger partial charge on any atom is -0.493 e. The van der Waals surface area contributed by atoms with Gasteiger partial charge < -0.3 is 19.9 Å². The molecule has 0 aliphatic rings. The van der Waals surface area contributed by atoms with Crippen LogP contribution in [0.5, 0.6) is 11.5 Å². The van der Waals surface area contributed by atoms with Crippen molar-refractivity contribution in [3.8, 4) is 11.5 Å². The van der Waals surface area contributed by atoms with Gasteiger partial charge in [0.1, 0.15) is 6.04 Å². The molecule has 0 saturated carbocycles. The van der Waals surface area contributed by atoms with Crippen molar-refractivity contribution in [2.45, 2.75) is 26.4 Å². The van der Waals surface area contributed by atoms with Crippen molar-refractivity contribution in [2.75, 3.05) is 13.7 Å². The van der Waals surface area contributed by atoms with Crippen molar-refractivity contribution in [3.05, 3.63) is 22.7 Å². The van der Waals surface area contributed by atoms with Crippen LogP contribution in [0.1, 0.15) is 19.4 Å². The molecule has 1 aromatic rings. The SMILES string of the molecule is CCOc1c(Cl)cc(CN[C@H](C)C(=O)O)cc1OC. The van der Waals surface area contributed by atoms with E-state index in [9.17, 15) is 4.79 Å². The lowest BCUT2D eigenvalue weighted by atomic mass is 10.2. The highest BCUT2D eigenvalue weighted by Gasteiger charge is 2.13. The van der Waals surface area contributed by atoms with Crippen LogP contribution >= 0.6 is 11.6 Å². The van der Waals surface area contributed by atoms with Crippen LogP contribution in [0.4, 0.5) is 0 Å². The Morgan fingerprint density at radius 2 is 2.21 bits per heavy atom. The van der Waals surface area contributed by atoms with Gasteiger partial charge in [-0.05, 0) is 31.5 Å². The second kappa shape index (κ2) is 7.21. The van der Waals surface area contributed by atoms with Gasteiger partial charge in [0.15, 0.2) is 11.5 Å². The first kappa shape index (κ1) is 15.6. The third kappa shape index (κ3) is 4.29. The zero-order valence-corrected chi connectivity index (χ0v) is 12.0. The number of aliphatic carboxylic acids is 1. The average molecular weight is 288 g/mol. The van der Waals surface area contributed by atoms with Crippen LogP contribution in [0.3, 0.4) is 0 Å². The van der Waals surface area contributed by atoms with E-state index < -0.39 is 12.0 Å². The van der Waals surface area contributed by atoms with Crippen molar-refractivity contribution in [2.24, 2.45) is 0 Å². The first-order chi connectivity index (χ1) is 8.99. The molecule has 2 N–H and O–H groups in total. The van der Waals surface area contributed by atoms with E-state index in [2.05, 4.69) is 5.32 Å². The summed E-state index contributed by atoms with van der Waals surface area (Å²) >= 11 is 6.12. The summed E-state index contributed by atoms with van der Waals surface area (Å²) in [5.74, 6) is 0.139. The lowest BCUT2D eigenvalue weighted by Crippen LogP contribution is -2.33. The molecule has 19 heavy (non-hydrogen) atoms. The highest BCUT2D eigenvalue weighted by atomic mass is 35.5. The number of benzene rings is 1. The van der Waals surface area contributed by atoms with Crippen molar-refractivity contribution >= 4 is 17.6 Å². The standard InChI is InChI=1S/C13H18ClNO4/c1-4-19-12-10(14)5-9(6-11(12)18-3)7-15-8(2)13(16)17/h5-6,8,15H,4,7H2,1-3H3,(H,16,17)/t8-/m1/s1. The maximum absolute atomic E-state index is 10.7. The average Bonchev–Trinajstić information content (AvgIpc) is 2.38. The number of methoxy groups -OCH3 is 1. The lowest BCUT2D eigenvalue weighted by Gasteiger charge is -2.14. The molecule has 0 aromatic heterocycles. The fourth-order valence-corrected chi connectivity index (χ4v) is 1.81. The molecular formula is C13H18ClNO4. The van der Waals surface area contributed by atoms with Gasteiger partial charge in [0.2, 0.25) is 0 Å². The Balaban J connectivity index is 2.86. The minimum absolute atomic E-state index is 0.385. The molecule has 1 aromatic carbocycles. The lowest BCUT2D eigenvalue weighted by molar-refractivity contribution is -0.139. The molecule has 0 bridgehead atoms. The Kier molecular flexibility index (Phi) is 5.92. The van der Waals surface area contributed by atoms with Crippen LogP contribution in [0, 0.1) is 0 Å². The topological polar surface area (TPSA) is 67.8 Å². The Morgan fingerprint density at radius 3 is 2.74 bits per heavy atom. The van der Waals surface area contributed by atoms with Gasteiger partial charge in [0.05, 0.1) is 18.7 Å². The molecule has 0 fully saturated rings. The van der Waals surface area contributed by atoms with Crippen LogP contribution in [-0.4, -0.2) is 30.8 Å². The molecule has 106 valence electrons. The normalized spacial score (nSPS) is 12.0. The predicted molar refractivity (Wildman–Crippen MR) is 73.1 cm³/mol. The summed E-state index contributed by atoms with van der Waals surface area (Å²) in [4.78, 5) is 10.7. The Bertz CT molecular complexity index is 451. The summed E-state index contributed by atoms with van der Waals surface area (Å²) in [6.07, 6.45) is 0. The van der Waals surface area contributed by atoms with E-state index in [0.29, 0.717) is 29.7 Å². The highest BCUT2D eigenvalue weighted by molar-refractivity contribution is 6.32. The number of nitrogens with one attached hydrogen (secondary N) is 1. The highest BCUT2D eigenvalue weighted by Crippen LogP contribution is 2.36. The van der Waals surface area contributed by atoms with E-state index in [-0.39, 0.29) is 0 Å². The number of halogens is 1. The number of carboxylic acid groups (broad SMARTS) is 1. The van der Waals surface area contributed by atoms with Crippen molar-refractivity contribution in [1.29, 1.82) is 0 Å². The van der Waals surface area contributed by atoms with Crippen molar-refractivity contribution in [3.63, 3.8) is 0 Å². The predicted octanol–water partition coefficient (Wildman–Crippen LogP) is 2.31. The van der Waals surface area contributed by atoms with Gasteiger partial charge in [0, 0.05) is 6.54 Å². The zero-order valence-electron chi connectivity index (χ0n) is 11.2. The number of hydrogen-bond donors (Lipinski definition) is 2. The molecule has 0 heterocycles. The minimum atomic E-state index is -0.899. The molecule has 0 amide bonds. The molecule has 1 rings (SSSR count). The summed E-state index contributed by atoms with van der Waals surface area (Å²) in [6.45, 7) is 4.31. The smallest absolute Gasteiger partial charge is 0.320 e. The first-order valence-corrected chi connectivity index (χ1v) is 6.32. The summed E-state index contributed by atoms with van der Waals surface area (Å²) in [5, 5.41) is 12.1. The zero-order chi connectivity index (χ0) is 14.4. The van der Waals surface area contributed by atoms with Gasteiger partial charge in [-0.25, -0.2) is 0 Å². The molecule has 1 atom stereocenters. The van der Waals surface area contributed by atoms with Gasteiger partial charge in [-0.15, -0.1) is 0 Å². The number of ether oxygens (including phenoxy) is 2. The number of carboxylic acids is 1. The quantitative estimate of drug-likeness (QED) is 0.805. The third-order valence-electron chi connectivity index (χ3n) is 2.56. The molecule has 5 nitrogen and oxygen atoms in total. The van der Waals surface area contributed by atoms with Gasteiger partial charge in [-0.1, -0.05) is 11.6 Å². The molecule has 0 spiro atoms. The van der Waals surface area contributed by atoms with E-state index in [1.54, 1.807) is 19.1 Å². The fraction of sp³-hybridized carbons (Fsp3) is 0.462. The van der Waals surface area contributed by atoms with Crippen LogP contribution in [0.2, 0.25) is 5.02 Å². The largest absolute Gasteiger partial charge is 0.493 e. The monoisotopic (exact) mass is 287 g/mol. The third-order valence-corrected chi connectivity index (χ3v) is 2.84. The van der Waals surface area contributed by atoms with E-state index in [1.165, 1.54) is 7.11 Å². The van der Waals surface area contributed by atoms with E-state index >= 15 is 0 Å². The number of carbonyl (C=O) groups is 1. The maximum atomic E-state index is 10.7. The molecule has 0 radical (unpaired) electrons. The molecule has 0 saturated heterocycles.